The molecule has 0 amide bonds. The highest BCUT2D eigenvalue weighted by molar-refractivity contribution is 5.59. The number of nitrogens with one attached hydrogen (secondary N) is 2. The zero-order valence-corrected chi connectivity index (χ0v) is 10.8. The molecule has 0 aliphatic heterocycles. The number of aromatic amines is 1. The first-order chi connectivity index (χ1) is 8.70. The van der Waals surface area contributed by atoms with Crippen LogP contribution < -0.4 is 5.32 Å². The Morgan fingerprint density at radius 1 is 1.33 bits per heavy atom. The smallest absolute Gasteiger partial charge is 0.126 e. The Hall–Kier alpha value is -1.68. The van der Waals surface area contributed by atoms with Crippen molar-refractivity contribution in [2.45, 2.75) is 26.8 Å². The second-order valence-corrected chi connectivity index (χ2v) is 4.42. The summed E-state index contributed by atoms with van der Waals surface area (Å²) in [6.07, 6.45) is 1.10. The van der Waals surface area contributed by atoms with Gasteiger partial charge in [0.2, 0.25) is 0 Å². The van der Waals surface area contributed by atoms with Crippen LogP contribution in [0.4, 0.5) is 4.39 Å². The standard InChI is InChI=1S/C14H18FN3/c1-3-6-16-9-12-8-14(18-17-12)11-5-4-10(2)13(15)7-11/h4-5,7-8,16H,3,6,9H2,1-2H3,(H,17,18). The van der Waals surface area contributed by atoms with Crippen molar-refractivity contribution in [3.05, 3.63) is 41.3 Å². The summed E-state index contributed by atoms with van der Waals surface area (Å²) in [4.78, 5) is 0. The number of hydrogen-bond acceptors (Lipinski definition) is 2. The van der Waals surface area contributed by atoms with E-state index >= 15 is 0 Å². The molecule has 2 aromatic rings. The Balaban J connectivity index is 2.11. The summed E-state index contributed by atoms with van der Waals surface area (Å²) in [5, 5.41) is 10.5. The molecule has 0 saturated heterocycles. The van der Waals surface area contributed by atoms with Gasteiger partial charge < -0.3 is 5.32 Å². The maximum Gasteiger partial charge on any atom is 0.126 e. The van der Waals surface area contributed by atoms with Crippen molar-refractivity contribution < 1.29 is 4.39 Å². The molecule has 4 heteroatoms. The highest BCUT2D eigenvalue weighted by atomic mass is 19.1. The molecule has 18 heavy (non-hydrogen) atoms. The highest BCUT2D eigenvalue weighted by Crippen LogP contribution is 2.20. The Kier molecular flexibility index (Phi) is 4.10. The van der Waals surface area contributed by atoms with Gasteiger partial charge in [0.15, 0.2) is 0 Å². The summed E-state index contributed by atoms with van der Waals surface area (Å²) in [6.45, 7) is 5.62. The first-order valence-electron chi connectivity index (χ1n) is 6.22. The van der Waals surface area contributed by atoms with Crippen LogP contribution in [0.25, 0.3) is 11.3 Å². The molecular weight excluding hydrogens is 229 g/mol. The van der Waals surface area contributed by atoms with Crippen LogP contribution in [0.2, 0.25) is 0 Å². The van der Waals surface area contributed by atoms with Crippen LogP contribution in [-0.4, -0.2) is 16.7 Å². The number of aromatic nitrogens is 2. The number of rotatable bonds is 5. The quantitative estimate of drug-likeness (QED) is 0.797. The minimum absolute atomic E-state index is 0.193. The molecule has 0 unspecified atom stereocenters. The molecule has 0 bridgehead atoms. The molecule has 0 spiro atoms. The van der Waals surface area contributed by atoms with E-state index in [1.165, 1.54) is 6.07 Å². The van der Waals surface area contributed by atoms with Gasteiger partial charge in [-0.25, -0.2) is 4.39 Å². The minimum atomic E-state index is -0.193. The van der Waals surface area contributed by atoms with Crippen LogP contribution in [0.1, 0.15) is 24.6 Å². The molecule has 0 radical (unpaired) electrons. The van der Waals surface area contributed by atoms with Crippen LogP contribution in [0, 0.1) is 12.7 Å². The Morgan fingerprint density at radius 3 is 2.89 bits per heavy atom. The normalized spacial score (nSPS) is 10.8. The van der Waals surface area contributed by atoms with E-state index in [2.05, 4.69) is 22.4 Å². The molecule has 0 fully saturated rings. The molecule has 0 saturated carbocycles. The van der Waals surface area contributed by atoms with Gasteiger partial charge >= 0.3 is 0 Å². The third-order valence-electron chi connectivity index (χ3n) is 2.84. The maximum absolute atomic E-state index is 13.5. The fourth-order valence-electron chi connectivity index (χ4n) is 1.75. The van der Waals surface area contributed by atoms with Gasteiger partial charge in [-0.05, 0) is 37.6 Å². The second kappa shape index (κ2) is 5.78. The van der Waals surface area contributed by atoms with Crippen LogP contribution >= 0.6 is 0 Å². The van der Waals surface area contributed by atoms with Crippen molar-refractivity contribution >= 4 is 0 Å². The van der Waals surface area contributed by atoms with Crippen molar-refractivity contribution in [2.75, 3.05) is 6.54 Å². The summed E-state index contributed by atoms with van der Waals surface area (Å²) in [5.41, 5.74) is 3.25. The van der Waals surface area contributed by atoms with Crippen molar-refractivity contribution in [2.24, 2.45) is 0 Å². The second-order valence-electron chi connectivity index (χ2n) is 4.42. The SMILES string of the molecule is CCCNCc1cc(-c2ccc(C)c(F)c2)n[nH]1. The van der Waals surface area contributed by atoms with Crippen LogP contribution in [0.15, 0.2) is 24.3 Å². The Morgan fingerprint density at radius 2 is 2.17 bits per heavy atom. The number of hydrogen-bond donors (Lipinski definition) is 2. The van der Waals surface area contributed by atoms with Crippen molar-refractivity contribution in [1.29, 1.82) is 0 Å². The van der Waals surface area contributed by atoms with Gasteiger partial charge in [-0.3, -0.25) is 5.10 Å². The van der Waals surface area contributed by atoms with E-state index in [1.54, 1.807) is 13.0 Å². The van der Waals surface area contributed by atoms with Gasteiger partial charge in [0.05, 0.1) is 5.69 Å². The van der Waals surface area contributed by atoms with E-state index < -0.39 is 0 Å². The average Bonchev–Trinajstić information content (AvgIpc) is 2.82. The van der Waals surface area contributed by atoms with Gasteiger partial charge in [-0.15, -0.1) is 0 Å². The first kappa shape index (κ1) is 12.8. The van der Waals surface area contributed by atoms with Gasteiger partial charge in [0.25, 0.3) is 0 Å². The van der Waals surface area contributed by atoms with Gasteiger partial charge in [-0.1, -0.05) is 19.1 Å². The van der Waals surface area contributed by atoms with Crippen LogP contribution in [0.5, 0.6) is 0 Å². The summed E-state index contributed by atoms with van der Waals surface area (Å²) in [6, 6.07) is 7.13. The van der Waals surface area contributed by atoms with Crippen LogP contribution in [0.3, 0.4) is 0 Å². The molecule has 0 atom stereocenters. The molecule has 0 aliphatic rings. The topological polar surface area (TPSA) is 40.7 Å². The summed E-state index contributed by atoms with van der Waals surface area (Å²) < 4.78 is 13.5. The monoisotopic (exact) mass is 247 g/mol. The van der Waals surface area contributed by atoms with Gasteiger partial charge in [-0.2, -0.15) is 5.10 Å². The predicted molar refractivity (Wildman–Crippen MR) is 70.7 cm³/mol. The van der Waals surface area contributed by atoms with Crippen molar-refractivity contribution in [3.8, 4) is 11.3 Å². The fourth-order valence-corrected chi connectivity index (χ4v) is 1.75. The Labute approximate surface area is 106 Å². The average molecular weight is 247 g/mol. The van der Waals surface area contributed by atoms with Gasteiger partial charge in [0, 0.05) is 17.8 Å². The van der Waals surface area contributed by atoms with Crippen LogP contribution in [-0.2, 0) is 6.54 Å². The lowest BCUT2D eigenvalue weighted by Crippen LogP contribution is -2.13. The van der Waals surface area contributed by atoms with E-state index in [0.717, 1.165) is 36.5 Å². The number of nitrogens with zero attached hydrogens (tertiary/aromatic N) is 1. The van der Waals surface area contributed by atoms with Crippen molar-refractivity contribution in [1.82, 2.24) is 15.5 Å². The number of halogens is 1. The largest absolute Gasteiger partial charge is 0.311 e. The van der Waals surface area contributed by atoms with E-state index in [-0.39, 0.29) is 5.82 Å². The summed E-state index contributed by atoms with van der Waals surface area (Å²) in [7, 11) is 0. The number of H-pyrrole nitrogens is 1. The van der Waals surface area contributed by atoms with E-state index in [9.17, 15) is 4.39 Å². The zero-order valence-electron chi connectivity index (χ0n) is 10.8. The molecule has 1 aromatic carbocycles. The van der Waals surface area contributed by atoms with E-state index in [0.29, 0.717) is 5.56 Å². The molecule has 2 rings (SSSR count). The lowest BCUT2D eigenvalue weighted by molar-refractivity contribution is 0.619. The molecule has 1 heterocycles. The lowest BCUT2D eigenvalue weighted by Gasteiger charge is -1.99. The van der Waals surface area contributed by atoms with Gasteiger partial charge in [0.1, 0.15) is 5.82 Å². The molecular formula is C14H18FN3. The molecule has 0 aliphatic carbocycles. The summed E-state index contributed by atoms with van der Waals surface area (Å²) >= 11 is 0. The molecule has 2 N–H and O–H groups in total. The molecule has 1 aromatic heterocycles. The van der Waals surface area contributed by atoms with Crippen molar-refractivity contribution in [3.63, 3.8) is 0 Å². The third kappa shape index (κ3) is 2.96. The first-order valence-corrected chi connectivity index (χ1v) is 6.22. The van der Waals surface area contributed by atoms with E-state index in [4.69, 9.17) is 0 Å². The Bertz CT molecular complexity index is 520. The molecule has 96 valence electrons. The zero-order chi connectivity index (χ0) is 13.0. The maximum atomic E-state index is 13.5. The number of aryl methyl sites for hydroxylation is 1. The molecule has 3 nitrogen and oxygen atoms in total. The minimum Gasteiger partial charge on any atom is -0.311 e. The highest BCUT2D eigenvalue weighted by Gasteiger charge is 2.06. The number of benzene rings is 1. The summed E-state index contributed by atoms with van der Waals surface area (Å²) in [5.74, 6) is -0.193. The fraction of sp³-hybridized carbons (Fsp3) is 0.357. The third-order valence-corrected chi connectivity index (χ3v) is 2.84. The lowest BCUT2D eigenvalue weighted by atomic mass is 10.1. The van der Waals surface area contributed by atoms with E-state index in [1.807, 2.05) is 12.1 Å². The predicted octanol–water partition coefficient (Wildman–Crippen LogP) is 3.02.